The van der Waals surface area contributed by atoms with Crippen LogP contribution in [0.3, 0.4) is 0 Å². The molecule has 1 aromatic heterocycles. The van der Waals surface area contributed by atoms with Gasteiger partial charge in [-0.3, -0.25) is 9.59 Å². The van der Waals surface area contributed by atoms with Crippen LogP contribution in [0.2, 0.25) is 0 Å². The maximum absolute atomic E-state index is 12.0. The molecular weight excluding hydrogens is 404 g/mol. The summed E-state index contributed by atoms with van der Waals surface area (Å²) in [5, 5.41) is 6.76. The number of aromatic nitrogens is 2. The van der Waals surface area contributed by atoms with Crippen LogP contribution >= 0.6 is 0 Å². The first kappa shape index (κ1) is 20.7. The van der Waals surface area contributed by atoms with Crippen LogP contribution in [-0.2, 0) is 9.59 Å². The van der Waals surface area contributed by atoms with E-state index in [1.807, 2.05) is 54.6 Å². The lowest BCUT2D eigenvalue weighted by Gasteiger charge is -2.11. The molecule has 7 nitrogen and oxygen atoms in total. The summed E-state index contributed by atoms with van der Waals surface area (Å²) in [5.41, 5.74) is 2.12. The highest BCUT2D eigenvalue weighted by atomic mass is 16.5. The lowest BCUT2D eigenvalue weighted by molar-refractivity contribution is -0.114. The predicted molar refractivity (Wildman–Crippen MR) is 124 cm³/mol. The summed E-state index contributed by atoms with van der Waals surface area (Å²) in [4.78, 5) is 31.6. The molecule has 0 aliphatic heterocycles. The Morgan fingerprint density at radius 3 is 2.31 bits per heavy atom. The molecule has 32 heavy (non-hydrogen) atoms. The fraction of sp³-hybridized carbons (Fsp3) is 0.0400. The molecule has 0 aliphatic carbocycles. The molecule has 1 amide bonds. The second-order valence-electron chi connectivity index (χ2n) is 6.95. The number of anilines is 3. The Morgan fingerprint density at radius 2 is 1.56 bits per heavy atom. The van der Waals surface area contributed by atoms with Crippen molar-refractivity contribution >= 4 is 39.8 Å². The number of rotatable bonds is 7. The number of nitrogens with zero attached hydrogens (tertiary/aromatic N) is 2. The van der Waals surface area contributed by atoms with E-state index in [1.54, 1.807) is 18.2 Å². The van der Waals surface area contributed by atoms with E-state index >= 15 is 0 Å². The van der Waals surface area contributed by atoms with Crippen LogP contribution in [0, 0.1) is 0 Å². The van der Waals surface area contributed by atoms with Gasteiger partial charge >= 0.3 is 0 Å². The number of carbonyl (C=O) groups excluding carboxylic acids is 2. The van der Waals surface area contributed by atoms with Crippen molar-refractivity contribution in [3.8, 4) is 11.5 Å². The minimum Gasteiger partial charge on any atom is -0.457 e. The number of amides is 1. The molecule has 0 aliphatic rings. The van der Waals surface area contributed by atoms with E-state index in [2.05, 4.69) is 20.6 Å². The van der Waals surface area contributed by atoms with Crippen molar-refractivity contribution in [1.29, 1.82) is 0 Å². The molecule has 4 aromatic rings. The second-order valence-corrected chi connectivity index (χ2v) is 6.95. The van der Waals surface area contributed by atoms with E-state index in [-0.39, 0.29) is 11.7 Å². The first-order valence-corrected chi connectivity index (χ1v) is 9.91. The van der Waals surface area contributed by atoms with Crippen LogP contribution in [0.5, 0.6) is 11.5 Å². The predicted octanol–water partition coefficient (Wildman–Crippen LogP) is 5.25. The molecular formula is C25H20N4O3. The summed E-state index contributed by atoms with van der Waals surface area (Å²) >= 11 is 0. The molecule has 7 heteroatoms. The smallest absolute Gasteiger partial charge is 0.248 e. The number of hydrogen-bond donors (Lipinski definition) is 2. The largest absolute Gasteiger partial charge is 0.457 e. The molecule has 1 heterocycles. The molecule has 158 valence electrons. The van der Waals surface area contributed by atoms with E-state index in [0.29, 0.717) is 11.5 Å². The van der Waals surface area contributed by atoms with Gasteiger partial charge < -0.3 is 15.4 Å². The molecule has 0 saturated heterocycles. The molecule has 0 bridgehead atoms. The Balaban J connectivity index is 1.52. The number of ketones is 1. The Kier molecular flexibility index (Phi) is 6.17. The molecule has 0 atom stereocenters. The number of carbonyl (C=O) groups is 2. The van der Waals surface area contributed by atoms with Crippen molar-refractivity contribution in [1.82, 2.24) is 9.97 Å². The van der Waals surface area contributed by atoms with Gasteiger partial charge in [-0.05, 0) is 67.6 Å². The first-order valence-electron chi connectivity index (χ1n) is 9.91. The fourth-order valence-corrected chi connectivity index (χ4v) is 2.98. The summed E-state index contributed by atoms with van der Waals surface area (Å²) in [6.45, 7) is 1.38. The number of fused-ring (bicyclic) bond motifs is 1. The van der Waals surface area contributed by atoms with Gasteiger partial charge in [0, 0.05) is 22.8 Å². The van der Waals surface area contributed by atoms with Gasteiger partial charge in [0.1, 0.15) is 23.6 Å². The number of hydrogen-bond acceptors (Lipinski definition) is 6. The quantitative estimate of drug-likeness (QED) is 0.394. The molecule has 4 rings (SSSR count). The van der Waals surface area contributed by atoms with Crippen LogP contribution in [0.4, 0.5) is 17.2 Å². The number of nitrogens with one attached hydrogen (secondary N) is 2. The van der Waals surface area contributed by atoms with Gasteiger partial charge in [-0.15, -0.1) is 0 Å². The topological polar surface area (TPSA) is 93.2 Å². The second kappa shape index (κ2) is 9.53. The van der Waals surface area contributed by atoms with Crippen molar-refractivity contribution in [3.05, 3.63) is 91.3 Å². The lowest BCUT2D eigenvalue weighted by Crippen LogP contribution is -2.08. The zero-order valence-electron chi connectivity index (χ0n) is 17.3. The summed E-state index contributed by atoms with van der Waals surface area (Å²) in [7, 11) is 0. The minimum absolute atomic E-state index is 0.196. The molecule has 0 saturated carbocycles. The average Bonchev–Trinajstić information content (AvgIpc) is 2.80. The van der Waals surface area contributed by atoms with Crippen molar-refractivity contribution in [2.24, 2.45) is 0 Å². The first-order chi connectivity index (χ1) is 15.6. The highest BCUT2D eigenvalue weighted by Gasteiger charge is 2.07. The van der Waals surface area contributed by atoms with E-state index in [1.165, 1.54) is 25.4 Å². The molecule has 0 spiro atoms. The molecule has 0 radical (unpaired) electrons. The van der Waals surface area contributed by atoms with Gasteiger partial charge in [0.15, 0.2) is 5.78 Å². The molecule has 0 unspecified atom stereocenters. The summed E-state index contributed by atoms with van der Waals surface area (Å²) in [6, 6.07) is 22.4. The highest BCUT2D eigenvalue weighted by Crippen LogP contribution is 2.28. The van der Waals surface area contributed by atoms with Crippen LogP contribution in [0.15, 0.2) is 91.3 Å². The fourth-order valence-electron chi connectivity index (χ4n) is 2.98. The van der Waals surface area contributed by atoms with Crippen LogP contribution < -0.4 is 15.4 Å². The van der Waals surface area contributed by atoms with E-state index in [0.717, 1.165) is 28.1 Å². The zero-order chi connectivity index (χ0) is 22.3. The third kappa shape index (κ3) is 5.34. The van der Waals surface area contributed by atoms with E-state index < -0.39 is 0 Å². The molecule has 2 N–H and O–H groups in total. The van der Waals surface area contributed by atoms with Crippen LogP contribution in [0.25, 0.3) is 10.9 Å². The lowest BCUT2D eigenvalue weighted by atomic mass is 10.2. The van der Waals surface area contributed by atoms with Gasteiger partial charge in [-0.2, -0.15) is 0 Å². The van der Waals surface area contributed by atoms with Crippen molar-refractivity contribution in [2.45, 2.75) is 6.92 Å². The number of ether oxygens (including phenoxy) is 1. The van der Waals surface area contributed by atoms with Crippen molar-refractivity contribution < 1.29 is 14.3 Å². The van der Waals surface area contributed by atoms with Gasteiger partial charge in [0.25, 0.3) is 0 Å². The third-order valence-electron chi connectivity index (χ3n) is 4.47. The third-order valence-corrected chi connectivity index (χ3v) is 4.47. The van der Waals surface area contributed by atoms with Gasteiger partial charge in [0.05, 0.1) is 5.52 Å². The Bertz CT molecular complexity index is 1290. The Labute approximate surface area is 184 Å². The summed E-state index contributed by atoms with van der Waals surface area (Å²) in [6.07, 6.45) is 3.90. The van der Waals surface area contributed by atoms with Crippen molar-refractivity contribution in [2.75, 3.05) is 10.6 Å². The SMILES string of the molecule is CC(=O)/C=C/C(=O)Nc1ccc2ncnc(Nc3ccc(Oc4ccccc4)cc3)c2c1. The Hall–Kier alpha value is -4.52. The number of allylic oxidation sites excluding steroid dienone is 1. The van der Waals surface area contributed by atoms with E-state index in [9.17, 15) is 9.59 Å². The Morgan fingerprint density at radius 1 is 0.844 bits per heavy atom. The number of para-hydroxylation sites is 1. The minimum atomic E-state index is -0.389. The maximum atomic E-state index is 12.0. The van der Waals surface area contributed by atoms with Gasteiger partial charge in [-0.1, -0.05) is 18.2 Å². The molecule has 3 aromatic carbocycles. The van der Waals surface area contributed by atoms with E-state index in [4.69, 9.17) is 4.74 Å². The van der Waals surface area contributed by atoms with Gasteiger partial charge in [0.2, 0.25) is 5.91 Å². The normalized spacial score (nSPS) is 10.8. The van der Waals surface area contributed by atoms with Gasteiger partial charge in [-0.25, -0.2) is 9.97 Å². The standard InChI is InChI=1S/C25H20N4O3/c1-17(30)7-14-24(31)28-19-10-13-23-22(15-19)25(27-16-26-23)29-18-8-11-21(12-9-18)32-20-5-3-2-4-6-20/h2-16H,1H3,(H,28,31)(H,26,27,29)/b14-7+. The zero-order valence-corrected chi connectivity index (χ0v) is 17.3. The number of benzene rings is 3. The maximum Gasteiger partial charge on any atom is 0.248 e. The highest BCUT2D eigenvalue weighted by molar-refractivity contribution is 6.04. The van der Waals surface area contributed by atoms with Crippen LogP contribution in [0.1, 0.15) is 6.92 Å². The average molecular weight is 424 g/mol. The monoisotopic (exact) mass is 424 g/mol. The summed E-state index contributed by atoms with van der Waals surface area (Å²) in [5.74, 6) is 1.50. The van der Waals surface area contributed by atoms with Crippen LogP contribution in [-0.4, -0.2) is 21.7 Å². The summed E-state index contributed by atoms with van der Waals surface area (Å²) < 4.78 is 5.82. The van der Waals surface area contributed by atoms with Crippen molar-refractivity contribution in [3.63, 3.8) is 0 Å². The molecule has 0 fully saturated rings.